The number of piperidine rings is 3. The largest absolute Gasteiger partial charge is 0.497 e. The number of pyridine rings is 1. The summed E-state index contributed by atoms with van der Waals surface area (Å²) in [4.78, 5) is 18.2. The second-order valence-corrected chi connectivity index (χ2v) is 7.70. The van der Waals surface area contributed by atoms with E-state index in [9.17, 15) is 15.2 Å². The van der Waals surface area contributed by atoms with Crippen LogP contribution >= 0.6 is 0 Å². The molecule has 1 aromatic heterocycles. The highest BCUT2D eigenvalue weighted by atomic mass is 16.6. The Balaban J connectivity index is 1.68. The highest BCUT2D eigenvalue weighted by Gasteiger charge is 2.58. The lowest BCUT2D eigenvalue weighted by molar-refractivity contribution is -0.591. The molecule has 7 heteroatoms. The summed E-state index contributed by atoms with van der Waals surface area (Å²) in [5.74, 6) is 0.720. The number of aromatic nitrogens is 1. The van der Waals surface area contributed by atoms with Crippen LogP contribution in [0.1, 0.15) is 37.9 Å². The zero-order chi connectivity index (χ0) is 19.2. The Morgan fingerprint density at radius 3 is 2.93 bits per heavy atom. The van der Waals surface area contributed by atoms with Gasteiger partial charge in [0.05, 0.1) is 25.3 Å². The molecule has 5 atom stereocenters. The summed E-state index contributed by atoms with van der Waals surface area (Å²) in [5, 5.41) is 23.9. The van der Waals surface area contributed by atoms with Gasteiger partial charge in [-0.3, -0.25) is 20.0 Å². The highest BCUT2D eigenvalue weighted by Crippen LogP contribution is 2.46. The SMILES string of the molecule is CC[C@@]1([N+](=O)[O-])CN2CC[C@H]1C[C@H]2[C@H](O)c1ccnc2ccc(OC)cc12. The van der Waals surface area contributed by atoms with Gasteiger partial charge in [-0.1, -0.05) is 6.92 Å². The second-order valence-electron chi connectivity index (χ2n) is 7.70. The first-order valence-corrected chi connectivity index (χ1v) is 9.49. The van der Waals surface area contributed by atoms with Crippen LogP contribution < -0.4 is 4.74 Å². The van der Waals surface area contributed by atoms with E-state index in [4.69, 9.17) is 4.74 Å². The summed E-state index contributed by atoms with van der Waals surface area (Å²) < 4.78 is 5.33. The molecule has 1 aromatic carbocycles. The van der Waals surface area contributed by atoms with Crippen molar-refractivity contribution in [1.29, 1.82) is 0 Å². The number of nitrogens with zero attached hydrogens (tertiary/aromatic N) is 3. The summed E-state index contributed by atoms with van der Waals surface area (Å²) in [6.45, 7) is 3.11. The molecule has 0 amide bonds. The van der Waals surface area contributed by atoms with Crippen molar-refractivity contribution < 1.29 is 14.8 Å². The number of benzene rings is 1. The van der Waals surface area contributed by atoms with Crippen LogP contribution in [0.2, 0.25) is 0 Å². The van der Waals surface area contributed by atoms with Gasteiger partial charge in [0.15, 0.2) is 0 Å². The zero-order valence-electron chi connectivity index (χ0n) is 15.7. The van der Waals surface area contributed by atoms with Crippen molar-refractivity contribution in [3.63, 3.8) is 0 Å². The third-order valence-corrected chi connectivity index (χ3v) is 6.64. The number of aliphatic hydroxyl groups excluding tert-OH is 1. The maximum atomic E-state index is 11.8. The molecule has 144 valence electrons. The minimum atomic E-state index is -0.877. The van der Waals surface area contributed by atoms with Gasteiger partial charge in [0, 0.05) is 34.9 Å². The number of nitro groups is 1. The minimum absolute atomic E-state index is 0.00443. The van der Waals surface area contributed by atoms with Gasteiger partial charge in [-0.05, 0) is 49.2 Å². The molecule has 3 aliphatic heterocycles. The molecule has 2 bridgehead atoms. The number of fused-ring (bicyclic) bond motifs is 4. The molecule has 1 N–H and O–H groups in total. The fraction of sp³-hybridized carbons (Fsp3) is 0.550. The summed E-state index contributed by atoms with van der Waals surface area (Å²) >= 11 is 0. The number of hydrogen-bond donors (Lipinski definition) is 1. The molecule has 0 saturated carbocycles. The van der Waals surface area contributed by atoms with Gasteiger partial charge in [0.1, 0.15) is 5.75 Å². The summed E-state index contributed by atoms with van der Waals surface area (Å²) in [6.07, 6.45) is 2.98. The van der Waals surface area contributed by atoms with E-state index in [-0.39, 0.29) is 16.9 Å². The number of hydrogen-bond acceptors (Lipinski definition) is 6. The van der Waals surface area contributed by atoms with Crippen LogP contribution in [0.5, 0.6) is 5.75 Å². The minimum Gasteiger partial charge on any atom is -0.497 e. The Hall–Kier alpha value is -2.25. The lowest BCUT2D eigenvalue weighted by Crippen LogP contribution is -2.66. The molecule has 1 unspecified atom stereocenters. The first kappa shape index (κ1) is 18.1. The third-order valence-electron chi connectivity index (χ3n) is 6.64. The monoisotopic (exact) mass is 371 g/mol. The third kappa shape index (κ3) is 2.76. The van der Waals surface area contributed by atoms with Crippen LogP contribution in [0.3, 0.4) is 0 Å². The van der Waals surface area contributed by atoms with Crippen molar-refractivity contribution in [3.8, 4) is 5.75 Å². The van der Waals surface area contributed by atoms with Crippen LogP contribution in [-0.4, -0.2) is 51.7 Å². The van der Waals surface area contributed by atoms with E-state index in [1.165, 1.54) is 0 Å². The number of methoxy groups -OCH3 is 1. The van der Waals surface area contributed by atoms with Gasteiger partial charge in [-0.15, -0.1) is 0 Å². The molecule has 0 radical (unpaired) electrons. The van der Waals surface area contributed by atoms with Gasteiger partial charge in [-0.2, -0.15) is 0 Å². The van der Waals surface area contributed by atoms with E-state index in [2.05, 4.69) is 9.88 Å². The Kier molecular flexibility index (Phi) is 4.52. The lowest BCUT2D eigenvalue weighted by atomic mass is 9.68. The molecule has 0 spiro atoms. The molecule has 3 saturated heterocycles. The number of rotatable bonds is 5. The Morgan fingerprint density at radius 1 is 1.48 bits per heavy atom. The summed E-state index contributed by atoms with van der Waals surface area (Å²) in [5.41, 5.74) is 0.731. The molecular formula is C20H25N3O4. The van der Waals surface area contributed by atoms with E-state index in [0.29, 0.717) is 25.1 Å². The Morgan fingerprint density at radius 2 is 2.30 bits per heavy atom. The van der Waals surface area contributed by atoms with E-state index in [1.807, 2.05) is 31.2 Å². The van der Waals surface area contributed by atoms with E-state index in [0.717, 1.165) is 29.4 Å². The maximum absolute atomic E-state index is 11.8. The average Bonchev–Trinajstić information content (AvgIpc) is 2.72. The molecule has 3 fully saturated rings. The van der Waals surface area contributed by atoms with Crippen LogP contribution in [0.25, 0.3) is 10.9 Å². The molecule has 0 aliphatic carbocycles. The highest BCUT2D eigenvalue weighted by molar-refractivity contribution is 5.83. The van der Waals surface area contributed by atoms with Crippen LogP contribution in [0.15, 0.2) is 30.5 Å². The van der Waals surface area contributed by atoms with Crippen LogP contribution in [-0.2, 0) is 0 Å². The second kappa shape index (κ2) is 6.73. The normalized spacial score (nSPS) is 31.0. The lowest BCUT2D eigenvalue weighted by Gasteiger charge is -2.52. The van der Waals surface area contributed by atoms with E-state index >= 15 is 0 Å². The summed E-state index contributed by atoms with van der Waals surface area (Å²) in [6, 6.07) is 7.36. The fourth-order valence-electron chi connectivity index (χ4n) is 5.01. The van der Waals surface area contributed by atoms with Crippen molar-refractivity contribution >= 4 is 10.9 Å². The molecule has 4 heterocycles. The van der Waals surface area contributed by atoms with Crippen molar-refractivity contribution in [2.75, 3.05) is 20.2 Å². The van der Waals surface area contributed by atoms with Crippen molar-refractivity contribution in [2.45, 2.75) is 43.9 Å². The Labute approximate surface area is 158 Å². The fourth-order valence-corrected chi connectivity index (χ4v) is 5.01. The summed E-state index contributed by atoms with van der Waals surface area (Å²) in [7, 11) is 1.61. The first-order valence-electron chi connectivity index (χ1n) is 9.49. The van der Waals surface area contributed by atoms with Crippen LogP contribution in [0, 0.1) is 16.0 Å². The molecular weight excluding hydrogens is 346 g/mol. The predicted molar refractivity (Wildman–Crippen MR) is 101 cm³/mol. The van der Waals surface area contributed by atoms with E-state index in [1.54, 1.807) is 13.3 Å². The van der Waals surface area contributed by atoms with E-state index < -0.39 is 11.6 Å². The zero-order valence-corrected chi connectivity index (χ0v) is 15.7. The molecule has 3 aliphatic rings. The molecule has 27 heavy (non-hydrogen) atoms. The maximum Gasteiger partial charge on any atom is 0.237 e. The number of aliphatic hydroxyl groups is 1. The van der Waals surface area contributed by atoms with Crippen molar-refractivity contribution in [3.05, 3.63) is 46.1 Å². The van der Waals surface area contributed by atoms with Gasteiger partial charge in [-0.25, -0.2) is 0 Å². The molecule has 5 rings (SSSR count). The smallest absolute Gasteiger partial charge is 0.237 e. The molecule has 2 aromatic rings. The van der Waals surface area contributed by atoms with Gasteiger partial charge in [0.25, 0.3) is 0 Å². The quantitative estimate of drug-likeness (QED) is 0.642. The Bertz CT molecular complexity index is 873. The first-order chi connectivity index (χ1) is 13.0. The van der Waals surface area contributed by atoms with Gasteiger partial charge in [0.2, 0.25) is 5.54 Å². The van der Waals surface area contributed by atoms with Crippen molar-refractivity contribution in [1.82, 2.24) is 9.88 Å². The van der Waals surface area contributed by atoms with Gasteiger partial charge < -0.3 is 9.84 Å². The standard InChI is InChI=1S/C20H25N3O4/c1-3-20(23(25)26)12-22-9-7-13(20)10-18(22)19(24)15-6-8-21-17-5-4-14(27-2)11-16(15)17/h4-6,8,11,13,18-19,24H,3,7,9-10,12H2,1-2H3/t13-,18-,19+,20+/m0/s1. The molecule has 7 nitrogen and oxygen atoms in total. The van der Waals surface area contributed by atoms with Gasteiger partial charge >= 0.3 is 0 Å². The predicted octanol–water partition coefficient (Wildman–Crippen LogP) is 2.80. The van der Waals surface area contributed by atoms with Crippen LogP contribution in [0.4, 0.5) is 0 Å². The number of ether oxygens (including phenoxy) is 1. The topological polar surface area (TPSA) is 88.7 Å². The van der Waals surface area contributed by atoms with Crippen molar-refractivity contribution in [2.24, 2.45) is 5.92 Å². The average molecular weight is 371 g/mol.